The number of alkyl halides is 3. The minimum absolute atomic E-state index is 0.156. The van der Waals surface area contributed by atoms with E-state index in [1.807, 2.05) is 0 Å². The number of halogens is 3. The highest BCUT2D eigenvalue weighted by molar-refractivity contribution is 5.77. The van der Waals surface area contributed by atoms with E-state index in [0.29, 0.717) is 6.42 Å². The molecular formula is C10H14F3N3O2. The second-order valence-corrected chi connectivity index (χ2v) is 4.29. The molecule has 1 unspecified atom stereocenters. The van der Waals surface area contributed by atoms with Crippen molar-refractivity contribution in [2.75, 3.05) is 0 Å². The van der Waals surface area contributed by atoms with Crippen LogP contribution >= 0.6 is 0 Å². The van der Waals surface area contributed by atoms with E-state index in [-0.39, 0.29) is 13.0 Å². The third-order valence-corrected chi connectivity index (χ3v) is 2.50. The van der Waals surface area contributed by atoms with Crippen molar-refractivity contribution >= 4 is 5.97 Å². The molecular weight excluding hydrogens is 251 g/mol. The molecule has 0 amide bonds. The van der Waals surface area contributed by atoms with Gasteiger partial charge in [-0.15, -0.1) is 0 Å². The molecule has 0 aliphatic rings. The molecule has 0 spiro atoms. The summed E-state index contributed by atoms with van der Waals surface area (Å²) >= 11 is 0. The Bertz CT molecular complexity index is 426. The Hall–Kier alpha value is -1.57. The van der Waals surface area contributed by atoms with Crippen LogP contribution in [0.1, 0.15) is 25.5 Å². The maximum absolute atomic E-state index is 12.2. The number of aromatic nitrogens is 2. The molecule has 0 aliphatic carbocycles. The number of nitrogens with zero attached hydrogens (tertiary/aromatic N) is 2. The number of aliphatic carboxylic acids is 1. The average molecular weight is 265 g/mol. The minimum Gasteiger partial charge on any atom is -0.480 e. The number of hydrogen-bond acceptors (Lipinski definition) is 3. The SMILES string of the molecule is CC(N)(CCCn1ccc(C(F)(F)F)n1)C(=O)O. The first-order valence-electron chi connectivity index (χ1n) is 5.26. The first-order valence-corrected chi connectivity index (χ1v) is 5.26. The third-order valence-electron chi connectivity index (χ3n) is 2.50. The summed E-state index contributed by atoms with van der Waals surface area (Å²) in [5.41, 5.74) is 3.15. The largest absolute Gasteiger partial charge is 0.480 e. The normalized spacial score (nSPS) is 15.4. The predicted molar refractivity (Wildman–Crippen MR) is 56.7 cm³/mol. The summed E-state index contributed by atoms with van der Waals surface area (Å²) in [4.78, 5) is 10.7. The van der Waals surface area contributed by atoms with Crippen molar-refractivity contribution in [2.24, 2.45) is 5.73 Å². The molecule has 0 aliphatic heterocycles. The molecule has 1 heterocycles. The molecule has 18 heavy (non-hydrogen) atoms. The van der Waals surface area contributed by atoms with Crippen molar-refractivity contribution in [3.63, 3.8) is 0 Å². The van der Waals surface area contributed by atoms with Gasteiger partial charge in [0, 0.05) is 12.7 Å². The summed E-state index contributed by atoms with van der Waals surface area (Å²) in [6.45, 7) is 1.55. The van der Waals surface area contributed by atoms with Crippen LogP contribution in [0.3, 0.4) is 0 Å². The first-order chi connectivity index (χ1) is 8.13. The highest BCUT2D eigenvalue weighted by Gasteiger charge is 2.33. The van der Waals surface area contributed by atoms with E-state index in [1.165, 1.54) is 13.1 Å². The Morgan fingerprint density at radius 1 is 1.56 bits per heavy atom. The van der Waals surface area contributed by atoms with Crippen LogP contribution in [0, 0.1) is 0 Å². The fraction of sp³-hybridized carbons (Fsp3) is 0.600. The monoisotopic (exact) mass is 265 g/mol. The summed E-state index contributed by atoms with van der Waals surface area (Å²) in [5.74, 6) is -1.14. The van der Waals surface area contributed by atoms with E-state index in [2.05, 4.69) is 5.10 Å². The van der Waals surface area contributed by atoms with Crippen LogP contribution in [0.15, 0.2) is 12.3 Å². The smallest absolute Gasteiger partial charge is 0.435 e. The molecule has 1 aromatic heterocycles. The van der Waals surface area contributed by atoms with Gasteiger partial charge in [-0.25, -0.2) is 0 Å². The van der Waals surface area contributed by atoms with Gasteiger partial charge in [-0.1, -0.05) is 0 Å². The van der Waals surface area contributed by atoms with E-state index in [4.69, 9.17) is 10.8 Å². The van der Waals surface area contributed by atoms with Gasteiger partial charge < -0.3 is 10.8 Å². The maximum atomic E-state index is 12.2. The number of carboxylic acids is 1. The number of nitrogens with two attached hydrogens (primary N) is 1. The summed E-state index contributed by atoms with van der Waals surface area (Å²) in [6, 6.07) is 0.874. The van der Waals surface area contributed by atoms with Crippen molar-refractivity contribution in [2.45, 2.75) is 38.0 Å². The zero-order chi connectivity index (χ0) is 14.0. The standard InChI is InChI=1S/C10H14F3N3O2/c1-9(14,8(17)18)4-2-5-16-6-3-7(15-16)10(11,12)13/h3,6H,2,4-5,14H2,1H3,(H,17,18). The molecule has 3 N–H and O–H groups in total. The maximum Gasteiger partial charge on any atom is 0.435 e. The van der Waals surface area contributed by atoms with Crippen LogP contribution < -0.4 is 5.73 Å². The molecule has 102 valence electrons. The molecule has 0 radical (unpaired) electrons. The highest BCUT2D eigenvalue weighted by Crippen LogP contribution is 2.27. The van der Waals surface area contributed by atoms with E-state index < -0.39 is 23.4 Å². The van der Waals surface area contributed by atoms with Crippen LogP contribution in [-0.4, -0.2) is 26.4 Å². The zero-order valence-corrected chi connectivity index (χ0v) is 9.74. The van der Waals surface area contributed by atoms with Gasteiger partial charge in [0.2, 0.25) is 0 Å². The van der Waals surface area contributed by atoms with E-state index >= 15 is 0 Å². The summed E-state index contributed by atoms with van der Waals surface area (Å²) in [5, 5.41) is 12.1. The second kappa shape index (κ2) is 4.97. The van der Waals surface area contributed by atoms with Crippen molar-refractivity contribution in [3.8, 4) is 0 Å². The van der Waals surface area contributed by atoms with Gasteiger partial charge >= 0.3 is 12.1 Å². The number of aryl methyl sites for hydroxylation is 1. The van der Waals surface area contributed by atoms with Gasteiger partial charge in [0.15, 0.2) is 5.69 Å². The molecule has 5 nitrogen and oxygen atoms in total. The molecule has 1 atom stereocenters. The fourth-order valence-electron chi connectivity index (χ4n) is 1.35. The predicted octanol–water partition coefficient (Wildman–Crippen LogP) is 1.48. The number of rotatable bonds is 5. The minimum atomic E-state index is -4.46. The molecule has 0 saturated heterocycles. The van der Waals surface area contributed by atoms with Crippen LogP contribution in [-0.2, 0) is 17.5 Å². The zero-order valence-electron chi connectivity index (χ0n) is 9.74. The lowest BCUT2D eigenvalue weighted by Gasteiger charge is -2.18. The lowest BCUT2D eigenvalue weighted by atomic mass is 9.98. The molecule has 1 aromatic rings. The molecule has 0 aromatic carbocycles. The van der Waals surface area contributed by atoms with Crippen LogP contribution in [0.5, 0.6) is 0 Å². The van der Waals surface area contributed by atoms with Gasteiger partial charge in [-0.2, -0.15) is 18.3 Å². The molecule has 0 fully saturated rings. The van der Waals surface area contributed by atoms with Gasteiger partial charge in [-0.05, 0) is 25.8 Å². The second-order valence-electron chi connectivity index (χ2n) is 4.29. The third kappa shape index (κ3) is 3.73. The van der Waals surface area contributed by atoms with E-state index in [1.54, 1.807) is 0 Å². The van der Waals surface area contributed by atoms with E-state index in [9.17, 15) is 18.0 Å². The van der Waals surface area contributed by atoms with Crippen molar-refractivity contribution < 1.29 is 23.1 Å². The topological polar surface area (TPSA) is 81.1 Å². The molecule has 8 heteroatoms. The van der Waals surface area contributed by atoms with Crippen LogP contribution in [0.25, 0.3) is 0 Å². The summed E-state index contributed by atoms with van der Waals surface area (Å²) < 4.78 is 37.9. The number of carbonyl (C=O) groups is 1. The number of hydrogen-bond donors (Lipinski definition) is 2. The molecule has 1 rings (SSSR count). The quantitative estimate of drug-likeness (QED) is 0.845. The van der Waals surface area contributed by atoms with Gasteiger partial charge in [0.1, 0.15) is 5.54 Å². The summed E-state index contributed by atoms with van der Waals surface area (Å²) in [6.07, 6.45) is -2.77. The van der Waals surface area contributed by atoms with Crippen molar-refractivity contribution in [1.82, 2.24) is 9.78 Å². The Balaban J connectivity index is 2.51. The first kappa shape index (κ1) is 14.5. The summed E-state index contributed by atoms with van der Waals surface area (Å²) in [7, 11) is 0. The molecule has 0 saturated carbocycles. The van der Waals surface area contributed by atoms with Crippen LogP contribution in [0.2, 0.25) is 0 Å². The van der Waals surface area contributed by atoms with Crippen molar-refractivity contribution in [1.29, 1.82) is 0 Å². The Morgan fingerprint density at radius 3 is 2.61 bits per heavy atom. The Morgan fingerprint density at radius 2 is 2.17 bits per heavy atom. The Labute approximate surface area is 101 Å². The molecule has 0 bridgehead atoms. The van der Waals surface area contributed by atoms with Crippen molar-refractivity contribution in [3.05, 3.63) is 18.0 Å². The van der Waals surface area contributed by atoms with Crippen LogP contribution in [0.4, 0.5) is 13.2 Å². The average Bonchev–Trinajstić information content (AvgIpc) is 2.65. The number of carboxylic acid groups (broad SMARTS) is 1. The lowest BCUT2D eigenvalue weighted by Crippen LogP contribution is -2.44. The van der Waals surface area contributed by atoms with Gasteiger partial charge in [-0.3, -0.25) is 9.48 Å². The Kier molecular flexibility index (Phi) is 4.00. The lowest BCUT2D eigenvalue weighted by molar-refractivity contribution is -0.143. The van der Waals surface area contributed by atoms with Gasteiger partial charge in [0.25, 0.3) is 0 Å². The van der Waals surface area contributed by atoms with Gasteiger partial charge in [0.05, 0.1) is 0 Å². The fourth-order valence-corrected chi connectivity index (χ4v) is 1.35. The highest BCUT2D eigenvalue weighted by atomic mass is 19.4. The van der Waals surface area contributed by atoms with E-state index in [0.717, 1.165) is 10.7 Å².